The minimum absolute atomic E-state index is 0.174. The summed E-state index contributed by atoms with van der Waals surface area (Å²) in [5.74, 6) is -3.81. The molecule has 51 heavy (non-hydrogen) atoms. The average Bonchev–Trinajstić information content (AvgIpc) is 3.93. The van der Waals surface area contributed by atoms with E-state index >= 15 is 0 Å². The number of aliphatic carboxylic acids is 2. The molecule has 3 aliphatic heterocycles. The van der Waals surface area contributed by atoms with Crippen molar-refractivity contribution >= 4 is 35.8 Å². The monoisotopic (exact) mass is 723 g/mol. The molecule has 0 saturated carbocycles. The molecule has 18 heteroatoms. The Labute approximate surface area is 296 Å². The van der Waals surface area contributed by atoms with Crippen molar-refractivity contribution in [1.82, 2.24) is 16.0 Å². The van der Waals surface area contributed by atoms with Gasteiger partial charge in [-0.15, -0.1) is 0 Å². The summed E-state index contributed by atoms with van der Waals surface area (Å²) in [6.45, 7) is 2.71. The van der Waals surface area contributed by atoms with Gasteiger partial charge in [-0.25, -0.2) is 14.4 Å². The number of carbonyl (C=O) groups is 6. The van der Waals surface area contributed by atoms with Crippen LogP contribution in [0.25, 0.3) is 0 Å². The Hall–Kier alpha value is -4.04. The molecule has 4 rings (SSSR count). The van der Waals surface area contributed by atoms with Crippen molar-refractivity contribution in [2.45, 2.75) is 100 Å². The van der Waals surface area contributed by atoms with E-state index < -0.39 is 48.0 Å². The van der Waals surface area contributed by atoms with Gasteiger partial charge in [-0.3, -0.25) is 14.4 Å². The first-order chi connectivity index (χ1) is 24.3. The summed E-state index contributed by atoms with van der Waals surface area (Å²) in [6, 6.07) is 2.84. The Morgan fingerprint density at radius 3 is 1.73 bits per heavy atom. The topological polar surface area (TPSA) is 311 Å². The number of rotatable bonds is 15. The second-order valence-electron chi connectivity index (χ2n) is 12.4. The molecule has 3 heterocycles. The van der Waals surface area contributed by atoms with Crippen LogP contribution in [-0.4, -0.2) is 115 Å². The summed E-state index contributed by atoms with van der Waals surface area (Å²) in [5.41, 5.74) is 22.9. The van der Waals surface area contributed by atoms with E-state index in [1.807, 2.05) is 0 Å². The van der Waals surface area contributed by atoms with Gasteiger partial charge in [-0.2, -0.15) is 0 Å². The maximum absolute atomic E-state index is 12.0. The predicted octanol–water partition coefficient (Wildman–Crippen LogP) is -1.74. The number of carbonyl (C=O) groups excluding carboxylic acids is 4. The molecule has 0 bridgehead atoms. The Morgan fingerprint density at radius 1 is 0.725 bits per heavy atom. The van der Waals surface area contributed by atoms with E-state index in [1.165, 1.54) is 0 Å². The third-order valence-electron chi connectivity index (χ3n) is 8.14. The zero-order valence-electron chi connectivity index (χ0n) is 28.8. The van der Waals surface area contributed by atoms with Crippen LogP contribution in [0.2, 0.25) is 0 Å². The number of carboxylic acid groups (broad SMARTS) is 2. The smallest absolute Gasteiger partial charge is 0.330 e. The van der Waals surface area contributed by atoms with Crippen molar-refractivity contribution in [1.29, 1.82) is 0 Å². The van der Waals surface area contributed by atoms with Crippen molar-refractivity contribution < 1.29 is 53.2 Å². The fraction of sp³-hybridized carbons (Fsp3) is 0.636. The normalized spacial score (nSPS) is 21.1. The van der Waals surface area contributed by atoms with E-state index in [0.29, 0.717) is 25.1 Å². The van der Waals surface area contributed by atoms with Crippen molar-refractivity contribution in [2.75, 3.05) is 32.8 Å². The lowest BCUT2D eigenvalue weighted by Gasteiger charge is -2.14. The van der Waals surface area contributed by atoms with Crippen LogP contribution in [0, 0.1) is 0 Å². The van der Waals surface area contributed by atoms with Gasteiger partial charge in [0.1, 0.15) is 48.6 Å². The number of ether oxygens (including phenoxy) is 3. The first-order valence-corrected chi connectivity index (χ1v) is 17.2. The first-order valence-electron chi connectivity index (χ1n) is 17.2. The molecule has 0 aromatic heterocycles. The summed E-state index contributed by atoms with van der Waals surface area (Å²) >= 11 is 0. The molecule has 0 spiro atoms. The molecule has 6 atom stereocenters. The van der Waals surface area contributed by atoms with E-state index in [9.17, 15) is 28.8 Å². The van der Waals surface area contributed by atoms with Crippen LogP contribution in [0.15, 0.2) is 24.3 Å². The SMILES string of the molecule is NCCCC[C@H](N)C(=O)OC(=O)[C@@H](N)Cc1ccc(OC(=O)[C@@H]2CCCN2)cc1.N[C@@H](COC(=O)[C@@H]1CCCN1)C(=O)O.O=C(O)[C@@H]1CCCN1. The summed E-state index contributed by atoms with van der Waals surface area (Å²) < 4.78 is 14.9. The zero-order valence-corrected chi connectivity index (χ0v) is 28.8. The van der Waals surface area contributed by atoms with E-state index in [4.69, 9.17) is 47.4 Å². The predicted molar refractivity (Wildman–Crippen MR) is 183 cm³/mol. The van der Waals surface area contributed by atoms with Gasteiger partial charge in [-0.05, 0) is 102 Å². The molecule has 3 aliphatic rings. The first kappa shape index (κ1) is 43.1. The molecule has 18 nitrogen and oxygen atoms in total. The minimum Gasteiger partial charge on any atom is -0.480 e. The van der Waals surface area contributed by atoms with Crippen LogP contribution in [0.5, 0.6) is 5.75 Å². The van der Waals surface area contributed by atoms with Gasteiger partial charge < -0.3 is 63.3 Å². The average molecular weight is 724 g/mol. The number of benzene rings is 1. The largest absolute Gasteiger partial charge is 0.480 e. The quantitative estimate of drug-likeness (QED) is 0.0419. The highest BCUT2D eigenvalue weighted by Gasteiger charge is 2.26. The van der Waals surface area contributed by atoms with Gasteiger partial charge in [0.05, 0.1) is 0 Å². The molecule has 3 fully saturated rings. The van der Waals surface area contributed by atoms with E-state index in [1.54, 1.807) is 24.3 Å². The lowest BCUT2D eigenvalue weighted by molar-refractivity contribution is -0.162. The molecule has 0 aliphatic carbocycles. The number of hydrogen-bond donors (Lipinski definition) is 9. The number of hydrogen-bond acceptors (Lipinski definition) is 16. The highest BCUT2D eigenvalue weighted by Crippen LogP contribution is 2.16. The van der Waals surface area contributed by atoms with Crippen LogP contribution in [0.1, 0.15) is 63.4 Å². The van der Waals surface area contributed by atoms with Crippen molar-refractivity contribution in [3.05, 3.63) is 29.8 Å². The number of esters is 4. The maximum atomic E-state index is 12.0. The van der Waals surface area contributed by atoms with E-state index in [2.05, 4.69) is 16.0 Å². The summed E-state index contributed by atoms with van der Waals surface area (Å²) in [5, 5.41) is 25.7. The Kier molecular flexibility index (Phi) is 19.8. The van der Waals surface area contributed by atoms with Crippen molar-refractivity contribution in [3.8, 4) is 5.75 Å². The lowest BCUT2D eigenvalue weighted by Crippen LogP contribution is -2.40. The fourth-order valence-electron chi connectivity index (χ4n) is 5.11. The highest BCUT2D eigenvalue weighted by molar-refractivity contribution is 5.90. The molecule has 1 aromatic carbocycles. The Balaban J connectivity index is 0.000000334. The highest BCUT2D eigenvalue weighted by atomic mass is 16.6. The van der Waals surface area contributed by atoms with Gasteiger partial charge in [0.15, 0.2) is 0 Å². The Bertz CT molecular complexity index is 1270. The molecule has 3 saturated heterocycles. The number of carboxylic acids is 2. The maximum Gasteiger partial charge on any atom is 0.330 e. The van der Waals surface area contributed by atoms with Crippen LogP contribution in [0.3, 0.4) is 0 Å². The van der Waals surface area contributed by atoms with Crippen LogP contribution in [0.4, 0.5) is 0 Å². The zero-order chi connectivity index (χ0) is 37.8. The third-order valence-corrected chi connectivity index (χ3v) is 8.14. The van der Waals surface area contributed by atoms with Gasteiger partial charge in [-0.1, -0.05) is 18.6 Å². The van der Waals surface area contributed by atoms with Gasteiger partial charge in [0, 0.05) is 0 Å². The minimum atomic E-state index is -1.17. The molecule has 0 radical (unpaired) electrons. The second-order valence-corrected chi connectivity index (χ2v) is 12.4. The Morgan fingerprint density at radius 2 is 1.25 bits per heavy atom. The number of unbranched alkanes of at least 4 members (excludes halogenated alkanes) is 1. The molecule has 286 valence electrons. The van der Waals surface area contributed by atoms with Crippen molar-refractivity contribution in [2.24, 2.45) is 22.9 Å². The molecular formula is C33H53N7O11. The van der Waals surface area contributed by atoms with Crippen molar-refractivity contribution in [3.63, 3.8) is 0 Å². The van der Waals surface area contributed by atoms with Gasteiger partial charge in [0.2, 0.25) is 0 Å². The molecular weight excluding hydrogens is 670 g/mol. The van der Waals surface area contributed by atoms with Gasteiger partial charge >= 0.3 is 35.8 Å². The van der Waals surface area contributed by atoms with Crippen LogP contribution < -0.4 is 43.6 Å². The molecule has 13 N–H and O–H groups in total. The second kappa shape index (κ2) is 23.4. The standard InChI is InChI=1S/C20H30N4O5.C8H14N2O4.C5H9NO2/c21-10-2-1-4-15(22)18(25)29-19(26)16(23)12-13-6-8-14(9-7-13)28-20(27)17-5-3-11-24-17;9-5(7(11)12)4-14-8(13)6-2-1-3-10-6;7-5(8)4-2-1-3-6-4/h6-9,15-17,24H,1-5,10-12,21-23H2;5-6,10H,1-4,9H2,(H,11,12);4,6H,1-3H2,(H,7,8)/t15-,16-,17-;5-,6-;4-/m000/s1. The van der Waals surface area contributed by atoms with Gasteiger partial charge in [0.25, 0.3) is 0 Å². The number of nitrogens with one attached hydrogen (secondary N) is 3. The van der Waals surface area contributed by atoms with Crippen LogP contribution >= 0.6 is 0 Å². The number of nitrogens with two attached hydrogens (primary N) is 4. The fourth-order valence-corrected chi connectivity index (χ4v) is 5.11. The summed E-state index contributed by atoms with van der Waals surface area (Å²) in [4.78, 5) is 67.6. The summed E-state index contributed by atoms with van der Waals surface area (Å²) in [6.07, 6.45) is 7.18. The molecule has 0 unspecified atom stereocenters. The van der Waals surface area contributed by atoms with Crippen LogP contribution in [-0.2, 0) is 44.7 Å². The molecule has 0 amide bonds. The lowest BCUT2D eigenvalue weighted by atomic mass is 10.1. The third kappa shape index (κ3) is 16.7. The van der Waals surface area contributed by atoms with E-state index in [0.717, 1.165) is 70.1 Å². The molecule has 1 aromatic rings. The van der Waals surface area contributed by atoms with E-state index in [-0.39, 0.29) is 37.1 Å². The summed E-state index contributed by atoms with van der Waals surface area (Å²) in [7, 11) is 0.